The first kappa shape index (κ1) is 22.7. The number of amides is 3. The van der Waals surface area contributed by atoms with Gasteiger partial charge in [0.15, 0.2) is 0 Å². The number of piperidine rings is 1. The van der Waals surface area contributed by atoms with Crippen LogP contribution in [0.1, 0.15) is 39.0 Å². The molecule has 32 heavy (non-hydrogen) atoms. The molecule has 2 saturated heterocycles. The summed E-state index contributed by atoms with van der Waals surface area (Å²) in [5.74, 6) is -0.788. The summed E-state index contributed by atoms with van der Waals surface area (Å²) in [6.45, 7) is 3.22. The van der Waals surface area contributed by atoms with Gasteiger partial charge < -0.3 is 5.32 Å². The first-order valence-corrected chi connectivity index (χ1v) is 12.6. The van der Waals surface area contributed by atoms with E-state index in [4.69, 9.17) is 0 Å². The minimum Gasteiger partial charge on any atom is -0.326 e. The van der Waals surface area contributed by atoms with Crippen molar-refractivity contribution in [1.29, 1.82) is 0 Å². The summed E-state index contributed by atoms with van der Waals surface area (Å²) in [6.07, 6.45) is 6.71. The topological polar surface area (TPSA) is 104 Å². The molecule has 1 aromatic rings. The Morgan fingerprint density at radius 1 is 1.00 bits per heavy atom. The van der Waals surface area contributed by atoms with Crippen LogP contribution in [-0.4, -0.2) is 55.0 Å². The molecule has 0 spiro atoms. The number of carbonyl (C=O) groups is 3. The summed E-state index contributed by atoms with van der Waals surface area (Å²) in [5.41, 5.74) is 0.471. The van der Waals surface area contributed by atoms with Crippen molar-refractivity contribution in [2.24, 2.45) is 17.8 Å². The number of hydrogen-bond acceptors (Lipinski definition) is 5. The van der Waals surface area contributed by atoms with Crippen molar-refractivity contribution in [3.63, 3.8) is 0 Å². The van der Waals surface area contributed by atoms with Crippen LogP contribution in [0.5, 0.6) is 0 Å². The van der Waals surface area contributed by atoms with E-state index >= 15 is 0 Å². The van der Waals surface area contributed by atoms with Gasteiger partial charge in [-0.05, 0) is 55.9 Å². The van der Waals surface area contributed by atoms with Crippen LogP contribution in [0.15, 0.2) is 41.3 Å². The Kier molecular flexibility index (Phi) is 6.48. The molecule has 1 aromatic carbocycles. The maximum absolute atomic E-state index is 12.8. The normalized spacial score (nSPS) is 24.6. The average Bonchev–Trinajstić information content (AvgIpc) is 3.03. The van der Waals surface area contributed by atoms with E-state index in [-0.39, 0.29) is 47.4 Å². The molecule has 0 bridgehead atoms. The highest BCUT2D eigenvalue weighted by Crippen LogP contribution is 2.35. The Hall–Kier alpha value is -2.52. The fraction of sp³-hybridized carbons (Fsp3) is 0.522. The number of nitrogens with one attached hydrogen (secondary N) is 1. The fourth-order valence-corrected chi connectivity index (χ4v) is 6.08. The number of nitrogens with zero attached hydrogens (tertiary/aromatic N) is 2. The summed E-state index contributed by atoms with van der Waals surface area (Å²) in [4.78, 5) is 38.7. The lowest BCUT2D eigenvalue weighted by molar-refractivity contribution is -0.140. The van der Waals surface area contributed by atoms with Gasteiger partial charge in [0.2, 0.25) is 27.7 Å². The van der Waals surface area contributed by atoms with Crippen LogP contribution in [0.3, 0.4) is 0 Å². The molecule has 4 rings (SSSR count). The van der Waals surface area contributed by atoms with Gasteiger partial charge in [0.25, 0.3) is 0 Å². The number of likely N-dealkylation sites (tertiary alicyclic amines) is 1. The molecule has 1 aliphatic carbocycles. The lowest BCUT2D eigenvalue weighted by Crippen LogP contribution is -2.37. The van der Waals surface area contributed by atoms with Crippen molar-refractivity contribution in [3.8, 4) is 0 Å². The Labute approximate surface area is 188 Å². The third kappa shape index (κ3) is 4.49. The highest BCUT2D eigenvalue weighted by atomic mass is 32.2. The Balaban J connectivity index is 1.31. The lowest BCUT2D eigenvalue weighted by Gasteiger charge is -2.29. The standard InChI is InChI=1S/C23H29N3O5S/c1-16-10-13-25(14-11-16)32(30,31)18-8-6-17(7-9-18)24-21(27)12-15-26-22(28)19-4-2-3-5-20(19)23(26)29/h2-3,6-9,16,19-20H,4-5,10-15H2,1H3,(H,24,27)/t19-,20-/m0/s1. The molecular weight excluding hydrogens is 430 g/mol. The van der Waals surface area contributed by atoms with E-state index in [1.54, 1.807) is 12.1 Å². The zero-order valence-electron chi connectivity index (χ0n) is 18.2. The minimum absolute atomic E-state index is 0.00361. The van der Waals surface area contributed by atoms with E-state index in [9.17, 15) is 22.8 Å². The summed E-state index contributed by atoms with van der Waals surface area (Å²) < 4.78 is 27.1. The molecule has 0 unspecified atom stereocenters. The van der Waals surface area contributed by atoms with Gasteiger partial charge in [-0.1, -0.05) is 19.1 Å². The zero-order chi connectivity index (χ0) is 22.9. The molecule has 8 nitrogen and oxygen atoms in total. The number of fused-ring (bicyclic) bond motifs is 1. The van der Waals surface area contributed by atoms with Gasteiger partial charge in [-0.25, -0.2) is 8.42 Å². The van der Waals surface area contributed by atoms with Crippen molar-refractivity contribution in [2.75, 3.05) is 25.0 Å². The van der Waals surface area contributed by atoms with Gasteiger partial charge in [0.1, 0.15) is 0 Å². The number of imide groups is 1. The summed E-state index contributed by atoms with van der Waals surface area (Å²) in [5, 5.41) is 2.71. The summed E-state index contributed by atoms with van der Waals surface area (Å²) in [7, 11) is -3.54. The highest BCUT2D eigenvalue weighted by molar-refractivity contribution is 7.89. The van der Waals surface area contributed by atoms with Crippen LogP contribution in [0.25, 0.3) is 0 Å². The predicted octanol–water partition coefficient (Wildman–Crippen LogP) is 2.39. The predicted molar refractivity (Wildman–Crippen MR) is 119 cm³/mol. The molecule has 2 fully saturated rings. The highest BCUT2D eigenvalue weighted by Gasteiger charge is 2.46. The van der Waals surface area contributed by atoms with Crippen molar-refractivity contribution < 1.29 is 22.8 Å². The van der Waals surface area contributed by atoms with E-state index in [1.165, 1.54) is 21.3 Å². The number of rotatable bonds is 6. The molecule has 2 heterocycles. The van der Waals surface area contributed by atoms with Crippen molar-refractivity contribution in [1.82, 2.24) is 9.21 Å². The van der Waals surface area contributed by atoms with Gasteiger partial charge in [-0.3, -0.25) is 19.3 Å². The minimum atomic E-state index is -3.54. The first-order valence-electron chi connectivity index (χ1n) is 11.2. The second-order valence-electron chi connectivity index (χ2n) is 8.89. The number of anilines is 1. The van der Waals surface area contributed by atoms with Gasteiger partial charge in [-0.2, -0.15) is 4.31 Å². The van der Waals surface area contributed by atoms with Crippen LogP contribution in [0, 0.1) is 17.8 Å². The quantitative estimate of drug-likeness (QED) is 0.520. The largest absolute Gasteiger partial charge is 0.326 e. The maximum atomic E-state index is 12.8. The van der Waals surface area contributed by atoms with E-state index < -0.39 is 10.0 Å². The molecule has 3 aliphatic rings. The van der Waals surface area contributed by atoms with E-state index in [0.29, 0.717) is 37.5 Å². The molecule has 2 atom stereocenters. The number of carbonyl (C=O) groups excluding carboxylic acids is 3. The number of benzene rings is 1. The Morgan fingerprint density at radius 3 is 2.12 bits per heavy atom. The van der Waals surface area contributed by atoms with Crippen molar-refractivity contribution in [2.45, 2.75) is 43.9 Å². The first-order chi connectivity index (χ1) is 15.3. The molecule has 2 aliphatic heterocycles. The zero-order valence-corrected chi connectivity index (χ0v) is 19.0. The van der Waals surface area contributed by atoms with E-state index in [2.05, 4.69) is 12.2 Å². The molecule has 3 amide bonds. The summed E-state index contributed by atoms with van der Waals surface area (Å²) >= 11 is 0. The Morgan fingerprint density at radius 2 is 1.56 bits per heavy atom. The van der Waals surface area contributed by atoms with Gasteiger partial charge >= 0.3 is 0 Å². The molecule has 0 radical (unpaired) electrons. The fourth-order valence-electron chi connectivity index (χ4n) is 4.61. The second-order valence-corrected chi connectivity index (χ2v) is 10.8. The van der Waals surface area contributed by atoms with Gasteiger partial charge in [-0.15, -0.1) is 0 Å². The second kappa shape index (κ2) is 9.15. The van der Waals surface area contributed by atoms with Crippen LogP contribution in [0.4, 0.5) is 5.69 Å². The number of allylic oxidation sites excluding steroid dienone is 2. The monoisotopic (exact) mass is 459 g/mol. The number of hydrogen-bond donors (Lipinski definition) is 1. The smallest absolute Gasteiger partial charge is 0.243 e. The Bertz CT molecular complexity index is 1000. The number of sulfonamides is 1. The van der Waals surface area contributed by atoms with Crippen LogP contribution >= 0.6 is 0 Å². The molecule has 0 aromatic heterocycles. The van der Waals surface area contributed by atoms with Gasteiger partial charge in [0.05, 0.1) is 16.7 Å². The summed E-state index contributed by atoms with van der Waals surface area (Å²) in [6, 6.07) is 6.11. The van der Waals surface area contributed by atoms with Crippen molar-refractivity contribution in [3.05, 3.63) is 36.4 Å². The van der Waals surface area contributed by atoms with E-state index in [1.807, 2.05) is 12.2 Å². The SMILES string of the molecule is CC1CCN(S(=O)(=O)c2ccc(NC(=O)CCN3C(=O)[C@H]4CC=CC[C@@H]4C3=O)cc2)CC1. The molecule has 172 valence electrons. The third-order valence-corrected chi connectivity index (χ3v) is 8.59. The third-order valence-electron chi connectivity index (χ3n) is 6.68. The molecular formula is C23H29N3O5S. The molecule has 1 N–H and O–H groups in total. The van der Waals surface area contributed by atoms with Crippen LogP contribution in [-0.2, 0) is 24.4 Å². The van der Waals surface area contributed by atoms with Crippen molar-refractivity contribution >= 4 is 33.4 Å². The molecule has 0 saturated carbocycles. The van der Waals surface area contributed by atoms with Crippen LogP contribution < -0.4 is 5.32 Å². The maximum Gasteiger partial charge on any atom is 0.243 e. The lowest BCUT2D eigenvalue weighted by atomic mass is 9.85. The average molecular weight is 460 g/mol. The van der Waals surface area contributed by atoms with E-state index in [0.717, 1.165) is 12.8 Å². The van der Waals surface area contributed by atoms with Gasteiger partial charge in [0, 0.05) is 31.7 Å². The molecule has 9 heteroatoms. The van der Waals surface area contributed by atoms with Crippen LogP contribution in [0.2, 0.25) is 0 Å².